The SMILES string of the molecule is COc1cc(C=CC(=O)O[C@H]2[C@H](O[C@@H]3O[C@@H](C)[C@H](O)[C@@H](O)[C@H]3O)[C@@H](O)[C@H](OC[C@H](O)c3ccc(O)c(O)c3)O[C@@H]2CO)ccc1O. The van der Waals surface area contributed by atoms with Crippen molar-refractivity contribution in [2.45, 2.75) is 74.4 Å². The zero-order valence-electron chi connectivity index (χ0n) is 24.8. The standard InChI is InChI=1S/C30H38O16/c1-13-23(37)24(38)25(39)30(43-13)46-28-26(40)29(42-12-19(35)15-5-7-16(32)18(34)10-15)44-21(11-31)27(28)45-22(36)8-4-14-3-6-17(33)20(9-14)41-2/h3-10,13,19,21,23-35,37-40H,11-12H2,1-2H3/t13-,19-,21+,23-,24+,25+,26+,27+,28+,29+,30-/m0/s1. The fourth-order valence-corrected chi connectivity index (χ4v) is 4.92. The van der Waals surface area contributed by atoms with Crippen LogP contribution in [0.3, 0.4) is 0 Å². The highest BCUT2D eigenvalue weighted by atomic mass is 16.7. The van der Waals surface area contributed by atoms with Crippen LogP contribution in [0.15, 0.2) is 42.5 Å². The first kappa shape index (κ1) is 35.3. The van der Waals surface area contributed by atoms with Gasteiger partial charge in [0, 0.05) is 6.08 Å². The number of benzene rings is 2. The Hall–Kier alpha value is -3.55. The highest BCUT2D eigenvalue weighted by Crippen LogP contribution is 2.33. The van der Waals surface area contributed by atoms with Crippen molar-refractivity contribution in [3.05, 3.63) is 53.6 Å². The maximum Gasteiger partial charge on any atom is 0.331 e. The molecule has 0 amide bonds. The summed E-state index contributed by atoms with van der Waals surface area (Å²) in [5, 5.41) is 91.9. The average molecular weight is 655 g/mol. The van der Waals surface area contributed by atoms with Gasteiger partial charge in [-0.25, -0.2) is 4.79 Å². The Morgan fingerprint density at radius 1 is 0.891 bits per heavy atom. The van der Waals surface area contributed by atoms with Crippen LogP contribution in [0, 0.1) is 0 Å². The van der Waals surface area contributed by atoms with Gasteiger partial charge in [-0.05, 0) is 48.4 Å². The van der Waals surface area contributed by atoms with Gasteiger partial charge in [-0.3, -0.25) is 0 Å². The zero-order valence-corrected chi connectivity index (χ0v) is 24.8. The van der Waals surface area contributed by atoms with Gasteiger partial charge in [0.25, 0.3) is 0 Å². The zero-order chi connectivity index (χ0) is 33.7. The molecule has 2 aromatic carbocycles. The Morgan fingerprint density at radius 3 is 2.28 bits per heavy atom. The highest BCUT2D eigenvalue weighted by Gasteiger charge is 2.52. The Labute approximate surface area is 262 Å². The molecule has 0 bridgehead atoms. The number of rotatable bonds is 11. The molecule has 254 valence electrons. The molecule has 2 saturated heterocycles. The molecule has 2 fully saturated rings. The van der Waals surface area contributed by atoms with E-state index >= 15 is 0 Å². The van der Waals surface area contributed by atoms with Crippen molar-refractivity contribution in [2.75, 3.05) is 20.3 Å². The summed E-state index contributed by atoms with van der Waals surface area (Å²) in [6.07, 6.45) is -14.7. The van der Waals surface area contributed by atoms with Crippen molar-refractivity contribution >= 4 is 12.0 Å². The molecule has 46 heavy (non-hydrogen) atoms. The van der Waals surface area contributed by atoms with Gasteiger partial charge in [0.2, 0.25) is 0 Å². The number of aliphatic hydroxyl groups is 6. The van der Waals surface area contributed by atoms with E-state index in [9.17, 15) is 50.8 Å². The summed E-state index contributed by atoms with van der Waals surface area (Å²) in [6, 6.07) is 7.88. The number of esters is 1. The Kier molecular flexibility index (Phi) is 11.8. The minimum absolute atomic E-state index is 0.120. The molecular weight excluding hydrogens is 616 g/mol. The number of carbonyl (C=O) groups excluding carboxylic acids is 1. The van der Waals surface area contributed by atoms with E-state index in [4.69, 9.17) is 28.4 Å². The molecule has 0 unspecified atom stereocenters. The lowest BCUT2D eigenvalue weighted by Crippen LogP contribution is -2.65. The van der Waals surface area contributed by atoms with Crippen LogP contribution in [0.4, 0.5) is 0 Å². The summed E-state index contributed by atoms with van der Waals surface area (Å²) in [4.78, 5) is 12.9. The summed E-state index contributed by atoms with van der Waals surface area (Å²) in [6.45, 7) is 0.0934. The number of aliphatic hydroxyl groups excluding tert-OH is 6. The molecule has 2 aliphatic rings. The maximum absolute atomic E-state index is 12.9. The molecule has 11 atom stereocenters. The molecule has 2 aromatic rings. The van der Waals surface area contributed by atoms with Crippen LogP contribution in [0.5, 0.6) is 23.0 Å². The molecular formula is C30H38O16. The van der Waals surface area contributed by atoms with Gasteiger partial charge in [-0.2, -0.15) is 0 Å². The van der Waals surface area contributed by atoms with Crippen molar-refractivity contribution < 1.29 is 79.2 Å². The first-order valence-electron chi connectivity index (χ1n) is 14.2. The van der Waals surface area contributed by atoms with Crippen LogP contribution in [0.25, 0.3) is 6.08 Å². The average Bonchev–Trinajstić information content (AvgIpc) is 3.04. The molecule has 0 aromatic heterocycles. The van der Waals surface area contributed by atoms with E-state index in [1.807, 2.05) is 0 Å². The van der Waals surface area contributed by atoms with E-state index in [0.717, 1.165) is 18.2 Å². The third kappa shape index (κ3) is 8.05. The largest absolute Gasteiger partial charge is 0.504 e. The van der Waals surface area contributed by atoms with Gasteiger partial charge in [0.15, 0.2) is 41.7 Å². The number of hydrogen-bond acceptors (Lipinski definition) is 16. The van der Waals surface area contributed by atoms with Gasteiger partial charge in [0.1, 0.15) is 42.7 Å². The third-order valence-electron chi connectivity index (χ3n) is 7.56. The topological polar surface area (TPSA) is 255 Å². The molecule has 16 nitrogen and oxygen atoms in total. The molecule has 2 heterocycles. The smallest absolute Gasteiger partial charge is 0.331 e. The van der Waals surface area contributed by atoms with E-state index in [0.29, 0.717) is 5.56 Å². The molecule has 9 N–H and O–H groups in total. The predicted octanol–water partition coefficient (Wildman–Crippen LogP) is -1.22. The normalized spacial score (nSPS) is 32.3. The van der Waals surface area contributed by atoms with E-state index in [1.165, 1.54) is 44.4 Å². The molecule has 2 aliphatic heterocycles. The highest BCUT2D eigenvalue weighted by molar-refractivity contribution is 5.87. The molecule has 0 radical (unpaired) electrons. The van der Waals surface area contributed by atoms with Gasteiger partial charge in [-0.1, -0.05) is 12.1 Å². The van der Waals surface area contributed by atoms with Gasteiger partial charge < -0.3 is 74.4 Å². The number of phenols is 3. The fourth-order valence-electron chi connectivity index (χ4n) is 4.92. The van der Waals surface area contributed by atoms with Gasteiger partial charge >= 0.3 is 5.97 Å². The maximum atomic E-state index is 12.9. The number of aromatic hydroxyl groups is 3. The van der Waals surface area contributed by atoms with Gasteiger partial charge in [0.05, 0.1) is 26.4 Å². The van der Waals surface area contributed by atoms with Gasteiger partial charge in [-0.15, -0.1) is 0 Å². The van der Waals surface area contributed by atoms with Crippen LogP contribution in [0.2, 0.25) is 0 Å². The lowest BCUT2D eigenvalue weighted by molar-refractivity contribution is -0.358. The summed E-state index contributed by atoms with van der Waals surface area (Å²) >= 11 is 0. The Morgan fingerprint density at radius 2 is 1.61 bits per heavy atom. The number of phenolic OH excluding ortho intramolecular Hbond substituents is 3. The fraction of sp³-hybridized carbons (Fsp3) is 0.500. The van der Waals surface area contributed by atoms with E-state index in [2.05, 4.69) is 0 Å². The van der Waals surface area contributed by atoms with Crippen LogP contribution >= 0.6 is 0 Å². The lowest BCUT2D eigenvalue weighted by Gasteiger charge is -2.46. The Balaban J connectivity index is 1.55. The minimum Gasteiger partial charge on any atom is -0.504 e. The summed E-state index contributed by atoms with van der Waals surface area (Å²) < 4.78 is 33.1. The summed E-state index contributed by atoms with van der Waals surface area (Å²) in [5.41, 5.74) is 0.601. The summed E-state index contributed by atoms with van der Waals surface area (Å²) in [7, 11) is 1.35. The van der Waals surface area contributed by atoms with E-state index in [-0.39, 0.29) is 17.1 Å². The molecule has 16 heteroatoms. The van der Waals surface area contributed by atoms with Crippen LogP contribution < -0.4 is 4.74 Å². The van der Waals surface area contributed by atoms with Crippen molar-refractivity contribution in [1.29, 1.82) is 0 Å². The molecule has 4 rings (SSSR count). The Bertz CT molecular complexity index is 1350. The van der Waals surface area contributed by atoms with Crippen molar-refractivity contribution in [3.8, 4) is 23.0 Å². The summed E-state index contributed by atoms with van der Waals surface area (Å²) in [5.74, 6) is -1.85. The second kappa shape index (κ2) is 15.4. The number of methoxy groups -OCH3 is 1. The quantitative estimate of drug-likeness (QED) is 0.0782. The first-order valence-corrected chi connectivity index (χ1v) is 14.2. The molecule has 0 spiro atoms. The van der Waals surface area contributed by atoms with Crippen molar-refractivity contribution in [3.63, 3.8) is 0 Å². The van der Waals surface area contributed by atoms with Crippen LogP contribution in [0.1, 0.15) is 24.2 Å². The second-order valence-corrected chi connectivity index (χ2v) is 10.8. The number of hydrogen-bond donors (Lipinski definition) is 9. The van der Waals surface area contributed by atoms with Crippen LogP contribution in [-0.4, -0.2) is 134 Å². The number of ether oxygens (including phenoxy) is 6. The molecule has 0 aliphatic carbocycles. The van der Waals surface area contributed by atoms with Crippen LogP contribution in [-0.2, 0) is 28.5 Å². The second-order valence-electron chi connectivity index (χ2n) is 10.8. The van der Waals surface area contributed by atoms with Crippen molar-refractivity contribution in [2.24, 2.45) is 0 Å². The van der Waals surface area contributed by atoms with E-state index in [1.54, 1.807) is 0 Å². The third-order valence-corrected chi connectivity index (χ3v) is 7.56. The van der Waals surface area contributed by atoms with Crippen molar-refractivity contribution in [1.82, 2.24) is 0 Å². The monoisotopic (exact) mass is 654 g/mol. The predicted molar refractivity (Wildman–Crippen MR) is 153 cm³/mol. The number of carbonyl (C=O) groups is 1. The first-order chi connectivity index (χ1) is 21.8. The molecule has 0 saturated carbocycles. The van der Waals surface area contributed by atoms with E-state index < -0.39 is 98.2 Å². The minimum atomic E-state index is -1.82. The lowest BCUT2D eigenvalue weighted by atomic mass is 9.97.